The first-order valence-corrected chi connectivity index (χ1v) is 6.51. The summed E-state index contributed by atoms with van der Waals surface area (Å²) in [6, 6.07) is 4.32. The minimum Gasteiger partial charge on any atom is -0.465 e. The van der Waals surface area contributed by atoms with Crippen LogP contribution in [-0.4, -0.2) is 45.3 Å². The molecule has 7 heteroatoms. The number of nitrogen functional groups attached to an aromatic ring is 1. The van der Waals surface area contributed by atoms with Crippen molar-refractivity contribution in [3.8, 4) is 0 Å². The summed E-state index contributed by atoms with van der Waals surface area (Å²) in [5, 5.41) is 5.64. The van der Waals surface area contributed by atoms with Gasteiger partial charge >= 0.3 is 5.97 Å². The molecule has 21 heavy (non-hydrogen) atoms. The van der Waals surface area contributed by atoms with Gasteiger partial charge in [0, 0.05) is 13.7 Å². The van der Waals surface area contributed by atoms with Crippen molar-refractivity contribution in [1.29, 1.82) is 0 Å². The Bertz CT molecular complexity index is 505. The van der Waals surface area contributed by atoms with E-state index in [0.29, 0.717) is 24.5 Å². The minimum absolute atomic E-state index is 0.217. The van der Waals surface area contributed by atoms with Crippen molar-refractivity contribution in [2.45, 2.75) is 13.0 Å². The van der Waals surface area contributed by atoms with E-state index < -0.39 is 12.0 Å². The van der Waals surface area contributed by atoms with Crippen LogP contribution >= 0.6 is 0 Å². The first kappa shape index (κ1) is 16.8. The molecule has 0 aliphatic heterocycles. The molecule has 0 radical (unpaired) electrons. The lowest BCUT2D eigenvalue weighted by molar-refractivity contribution is -0.121. The van der Waals surface area contributed by atoms with E-state index in [-0.39, 0.29) is 11.5 Å². The van der Waals surface area contributed by atoms with Gasteiger partial charge in [0.15, 0.2) is 0 Å². The van der Waals surface area contributed by atoms with Gasteiger partial charge in [0.25, 0.3) is 0 Å². The van der Waals surface area contributed by atoms with Crippen LogP contribution in [0.5, 0.6) is 0 Å². The van der Waals surface area contributed by atoms with Gasteiger partial charge in [-0.25, -0.2) is 4.79 Å². The van der Waals surface area contributed by atoms with Crippen molar-refractivity contribution in [2.24, 2.45) is 0 Å². The zero-order valence-electron chi connectivity index (χ0n) is 12.4. The highest BCUT2D eigenvalue weighted by molar-refractivity contribution is 5.99. The quantitative estimate of drug-likeness (QED) is 0.387. The molecule has 4 N–H and O–H groups in total. The van der Waals surface area contributed by atoms with Crippen LogP contribution in [-0.2, 0) is 14.3 Å². The second-order valence-corrected chi connectivity index (χ2v) is 4.41. The fourth-order valence-electron chi connectivity index (χ4n) is 1.72. The van der Waals surface area contributed by atoms with E-state index in [1.54, 1.807) is 32.2 Å². The van der Waals surface area contributed by atoms with Gasteiger partial charge in [-0.3, -0.25) is 4.79 Å². The molecule has 1 amide bonds. The first-order valence-electron chi connectivity index (χ1n) is 6.51. The lowest BCUT2D eigenvalue weighted by Gasteiger charge is -2.18. The van der Waals surface area contributed by atoms with Crippen molar-refractivity contribution in [3.05, 3.63) is 23.8 Å². The van der Waals surface area contributed by atoms with E-state index in [9.17, 15) is 9.59 Å². The predicted molar refractivity (Wildman–Crippen MR) is 80.2 cm³/mol. The topological polar surface area (TPSA) is 103 Å². The molecule has 0 aliphatic rings. The molecule has 0 fully saturated rings. The maximum atomic E-state index is 11.9. The molecule has 1 unspecified atom stereocenters. The monoisotopic (exact) mass is 295 g/mol. The van der Waals surface area contributed by atoms with Crippen molar-refractivity contribution in [3.63, 3.8) is 0 Å². The molecule has 0 bridgehead atoms. The molecule has 116 valence electrons. The van der Waals surface area contributed by atoms with Crippen LogP contribution in [0.2, 0.25) is 0 Å². The Hall–Kier alpha value is -2.28. The molecule has 7 nitrogen and oxygen atoms in total. The molecule has 1 aromatic rings. The Morgan fingerprint density at radius 2 is 2.05 bits per heavy atom. The summed E-state index contributed by atoms with van der Waals surface area (Å²) in [4.78, 5) is 23.6. The maximum absolute atomic E-state index is 11.9. The summed E-state index contributed by atoms with van der Waals surface area (Å²) in [7, 11) is 2.84. The minimum atomic E-state index is -0.560. The number of rotatable bonds is 7. The lowest BCUT2D eigenvalue weighted by atomic mass is 10.1. The number of ether oxygens (including phenoxy) is 2. The highest BCUT2D eigenvalue weighted by Gasteiger charge is 2.19. The van der Waals surface area contributed by atoms with Crippen molar-refractivity contribution >= 4 is 23.3 Å². The van der Waals surface area contributed by atoms with Crippen LogP contribution in [0.15, 0.2) is 18.2 Å². The molecule has 0 saturated carbocycles. The number of amides is 1. The fraction of sp³-hybridized carbons (Fsp3) is 0.429. The van der Waals surface area contributed by atoms with E-state index in [2.05, 4.69) is 10.6 Å². The lowest BCUT2D eigenvalue weighted by Crippen LogP contribution is -2.39. The number of nitrogens with two attached hydrogens (primary N) is 1. The third-order valence-corrected chi connectivity index (χ3v) is 2.86. The third kappa shape index (κ3) is 4.64. The smallest absolute Gasteiger partial charge is 0.340 e. The molecule has 1 rings (SSSR count). The number of carbonyl (C=O) groups is 2. The number of hydrogen-bond acceptors (Lipinski definition) is 6. The van der Waals surface area contributed by atoms with Crippen molar-refractivity contribution in [1.82, 2.24) is 5.32 Å². The fourth-order valence-corrected chi connectivity index (χ4v) is 1.72. The van der Waals surface area contributed by atoms with Crippen LogP contribution in [0, 0.1) is 0 Å². The number of benzene rings is 1. The third-order valence-electron chi connectivity index (χ3n) is 2.86. The largest absolute Gasteiger partial charge is 0.465 e. The number of anilines is 2. The summed E-state index contributed by atoms with van der Waals surface area (Å²) < 4.78 is 9.56. The van der Waals surface area contributed by atoms with Gasteiger partial charge in [-0.05, 0) is 19.1 Å². The van der Waals surface area contributed by atoms with Crippen LogP contribution < -0.4 is 16.4 Å². The highest BCUT2D eigenvalue weighted by atomic mass is 16.5. The Balaban J connectivity index is 2.82. The van der Waals surface area contributed by atoms with E-state index in [0.717, 1.165) is 0 Å². The van der Waals surface area contributed by atoms with Crippen molar-refractivity contribution in [2.75, 3.05) is 38.4 Å². The molecule has 0 saturated heterocycles. The van der Waals surface area contributed by atoms with Crippen molar-refractivity contribution < 1.29 is 19.1 Å². The van der Waals surface area contributed by atoms with Crippen LogP contribution in [0.25, 0.3) is 0 Å². The number of para-hydroxylation sites is 1. The Labute approximate surface area is 123 Å². The molecule has 1 atom stereocenters. The van der Waals surface area contributed by atoms with Gasteiger partial charge in [-0.2, -0.15) is 0 Å². The molecule has 0 aromatic heterocycles. The number of methoxy groups -OCH3 is 2. The average molecular weight is 295 g/mol. The standard InChI is InChI=1S/C14H21N3O4/c1-9(13(18)16-7-8-20-2)17-12-10(14(19)21-3)5-4-6-11(12)15/h4-6,9,17H,7-8,15H2,1-3H3,(H,16,18). The summed E-state index contributed by atoms with van der Waals surface area (Å²) in [5.74, 6) is -0.733. The molecular formula is C14H21N3O4. The normalized spacial score (nSPS) is 11.6. The number of esters is 1. The van der Waals surface area contributed by atoms with Gasteiger partial charge in [0.2, 0.25) is 5.91 Å². The van der Waals surface area contributed by atoms with Crippen LogP contribution in [0.4, 0.5) is 11.4 Å². The van der Waals surface area contributed by atoms with Crippen LogP contribution in [0.1, 0.15) is 17.3 Å². The summed E-state index contributed by atoms with van der Waals surface area (Å²) in [6.07, 6.45) is 0. The van der Waals surface area contributed by atoms with Crippen LogP contribution in [0.3, 0.4) is 0 Å². The van der Waals surface area contributed by atoms with Gasteiger partial charge in [-0.1, -0.05) is 6.07 Å². The van der Waals surface area contributed by atoms with Gasteiger partial charge in [-0.15, -0.1) is 0 Å². The van der Waals surface area contributed by atoms with Gasteiger partial charge < -0.3 is 25.8 Å². The van der Waals surface area contributed by atoms with Gasteiger partial charge in [0.1, 0.15) is 6.04 Å². The van der Waals surface area contributed by atoms with E-state index in [4.69, 9.17) is 15.2 Å². The predicted octanol–water partition coefficient (Wildman–Crippen LogP) is 0.618. The number of hydrogen-bond donors (Lipinski definition) is 3. The maximum Gasteiger partial charge on any atom is 0.340 e. The Morgan fingerprint density at radius 3 is 2.67 bits per heavy atom. The summed E-state index contributed by atoms with van der Waals surface area (Å²) in [5.41, 5.74) is 6.91. The Morgan fingerprint density at radius 1 is 1.33 bits per heavy atom. The highest BCUT2D eigenvalue weighted by Crippen LogP contribution is 2.24. The zero-order valence-corrected chi connectivity index (χ0v) is 12.4. The Kier molecular flexibility index (Phi) is 6.48. The zero-order chi connectivity index (χ0) is 15.8. The average Bonchev–Trinajstić information content (AvgIpc) is 2.48. The van der Waals surface area contributed by atoms with E-state index in [1.165, 1.54) is 7.11 Å². The second-order valence-electron chi connectivity index (χ2n) is 4.41. The number of nitrogens with one attached hydrogen (secondary N) is 2. The van der Waals surface area contributed by atoms with E-state index in [1.807, 2.05) is 0 Å². The molecular weight excluding hydrogens is 274 g/mol. The van der Waals surface area contributed by atoms with E-state index >= 15 is 0 Å². The molecule has 1 aromatic carbocycles. The molecule has 0 aliphatic carbocycles. The summed E-state index contributed by atoms with van der Waals surface area (Å²) >= 11 is 0. The van der Waals surface area contributed by atoms with Gasteiger partial charge in [0.05, 0.1) is 30.7 Å². The molecule has 0 heterocycles. The second kappa shape index (κ2) is 8.11. The summed E-state index contributed by atoms with van der Waals surface area (Å²) in [6.45, 7) is 2.52. The molecule has 0 spiro atoms. The number of carbonyl (C=O) groups excluding carboxylic acids is 2. The SMILES string of the molecule is COCCNC(=O)C(C)Nc1c(N)cccc1C(=O)OC. The first-order chi connectivity index (χ1) is 10.0.